The summed E-state index contributed by atoms with van der Waals surface area (Å²) in [5.41, 5.74) is 0.184. The molecule has 4 nitrogen and oxygen atoms in total. The van der Waals surface area contributed by atoms with E-state index in [1.54, 1.807) is 0 Å². The fourth-order valence-corrected chi connectivity index (χ4v) is 2.34. The smallest absolute Gasteiger partial charge is 0.408 e. The van der Waals surface area contributed by atoms with E-state index in [1.165, 1.54) is 24.4 Å². The molecule has 3 rings (SSSR count). The summed E-state index contributed by atoms with van der Waals surface area (Å²) in [4.78, 5) is 0. The number of fused-ring (bicyclic) bond motifs is 1. The second kappa shape index (κ2) is 6.12. The SMILES string of the molecule is Cl.FC(F)(F)Cn1ncc2ccc(OC3CNCC3(F)F)cc21. The zero-order chi connectivity index (χ0) is 16.0. The number of rotatable bonds is 3. The van der Waals surface area contributed by atoms with Crippen molar-refractivity contribution in [3.8, 4) is 5.75 Å². The van der Waals surface area contributed by atoms with Gasteiger partial charge in [-0.15, -0.1) is 12.4 Å². The average Bonchev–Trinajstić information content (AvgIpc) is 2.93. The van der Waals surface area contributed by atoms with Gasteiger partial charge in [-0.3, -0.25) is 4.68 Å². The van der Waals surface area contributed by atoms with Gasteiger partial charge >= 0.3 is 6.18 Å². The summed E-state index contributed by atoms with van der Waals surface area (Å²) in [6.45, 7) is -1.75. The lowest BCUT2D eigenvalue weighted by Gasteiger charge is -2.19. The zero-order valence-corrected chi connectivity index (χ0v) is 12.4. The highest BCUT2D eigenvalue weighted by molar-refractivity contribution is 5.85. The number of ether oxygens (including phenoxy) is 1. The van der Waals surface area contributed by atoms with Crippen molar-refractivity contribution >= 4 is 23.3 Å². The first-order valence-electron chi connectivity index (χ1n) is 6.52. The van der Waals surface area contributed by atoms with Gasteiger partial charge in [0.05, 0.1) is 18.3 Å². The van der Waals surface area contributed by atoms with Crippen LogP contribution in [0.25, 0.3) is 10.9 Å². The number of nitrogens with one attached hydrogen (secondary N) is 1. The summed E-state index contributed by atoms with van der Waals surface area (Å²) in [7, 11) is 0. The van der Waals surface area contributed by atoms with E-state index < -0.39 is 31.3 Å². The third kappa shape index (κ3) is 3.84. The van der Waals surface area contributed by atoms with Gasteiger partial charge in [-0.05, 0) is 12.1 Å². The first-order chi connectivity index (χ1) is 10.2. The van der Waals surface area contributed by atoms with Crippen LogP contribution in [0.5, 0.6) is 5.75 Å². The topological polar surface area (TPSA) is 39.1 Å². The number of benzene rings is 1. The van der Waals surface area contributed by atoms with Crippen LogP contribution in [-0.2, 0) is 6.54 Å². The molecule has 1 atom stereocenters. The zero-order valence-electron chi connectivity index (χ0n) is 11.6. The Bertz CT molecular complexity index is 688. The molecule has 0 amide bonds. The Labute approximate surface area is 134 Å². The molecular formula is C13H13ClF5N3O. The van der Waals surface area contributed by atoms with E-state index in [0.717, 1.165) is 4.68 Å². The summed E-state index contributed by atoms with van der Waals surface area (Å²) in [5, 5.41) is 6.66. The molecule has 1 aliphatic heterocycles. The lowest BCUT2D eigenvalue weighted by atomic mass is 10.2. The molecule has 1 aromatic heterocycles. The van der Waals surface area contributed by atoms with Crippen molar-refractivity contribution in [3.05, 3.63) is 24.4 Å². The van der Waals surface area contributed by atoms with Gasteiger partial charge in [0.25, 0.3) is 5.92 Å². The highest BCUT2D eigenvalue weighted by Crippen LogP contribution is 2.29. The normalized spacial score (nSPS) is 20.5. The Balaban J connectivity index is 0.00000192. The van der Waals surface area contributed by atoms with Crippen molar-refractivity contribution in [1.82, 2.24) is 15.1 Å². The minimum Gasteiger partial charge on any atom is -0.483 e. The van der Waals surface area contributed by atoms with Crippen molar-refractivity contribution in [2.45, 2.75) is 24.7 Å². The molecule has 10 heteroatoms. The fourth-order valence-electron chi connectivity index (χ4n) is 2.34. The van der Waals surface area contributed by atoms with Crippen LogP contribution < -0.4 is 10.1 Å². The number of halogens is 6. The molecule has 23 heavy (non-hydrogen) atoms. The molecule has 1 saturated heterocycles. The van der Waals surface area contributed by atoms with Crippen LogP contribution in [0.4, 0.5) is 22.0 Å². The predicted octanol–water partition coefficient (Wildman–Crippen LogP) is 3.01. The molecule has 0 spiro atoms. The molecule has 0 radical (unpaired) electrons. The van der Waals surface area contributed by atoms with Crippen LogP contribution in [0.2, 0.25) is 0 Å². The van der Waals surface area contributed by atoms with Crippen molar-refractivity contribution in [1.29, 1.82) is 0 Å². The molecule has 1 unspecified atom stereocenters. The summed E-state index contributed by atoms with van der Waals surface area (Å²) in [5.74, 6) is -2.92. The monoisotopic (exact) mass is 357 g/mol. The molecule has 128 valence electrons. The molecule has 2 heterocycles. The van der Waals surface area contributed by atoms with E-state index in [9.17, 15) is 22.0 Å². The number of alkyl halides is 5. The van der Waals surface area contributed by atoms with Crippen LogP contribution in [0.1, 0.15) is 0 Å². The second-order valence-electron chi connectivity index (χ2n) is 5.14. The van der Waals surface area contributed by atoms with Crippen LogP contribution in [0.15, 0.2) is 24.4 Å². The lowest BCUT2D eigenvalue weighted by molar-refractivity contribution is -0.141. The number of nitrogens with zero attached hydrogens (tertiary/aromatic N) is 2. The van der Waals surface area contributed by atoms with Gasteiger partial charge in [-0.25, -0.2) is 8.78 Å². The highest BCUT2D eigenvalue weighted by Gasteiger charge is 2.46. The van der Waals surface area contributed by atoms with E-state index in [0.29, 0.717) is 5.39 Å². The van der Waals surface area contributed by atoms with E-state index in [4.69, 9.17) is 4.74 Å². The summed E-state index contributed by atoms with van der Waals surface area (Å²) in [6.07, 6.45) is -4.47. The van der Waals surface area contributed by atoms with E-state index in [2.05, 4.69) is 10.4 Å². The van der Waals surface area contributed by atoms with Gasteiger partial charge < -0.3 is 10.1 Å². The van der Waals surface area contributed by atoms with Crippen LogP contribution >= 0.6 is 12.4 Å². The van der Waals surface area contributed by atoms with Gasteiger partial charge in [0, 0.05) is 18.0 Å². The standard InChI is InChI=1S/C13H12F5N3O.ClH/c14-12(15)6-19-5-11(12)22-9-2-1-8-4-20-21(10(8)3-9)7-13(16,17)18;/h1-4,11,19H,5-7H2;1H. The third-order valence-electron chi connectivity index (χ3n) is 3.39. The van der Waals surface area contributed by atoms with Crippen molar-refractivity contribution in [2.24, 2.45) is 0 Å². The van der Waals surface area contributed by atoms with E-state index in [1.807, 2.05) is 0 Å². The first-order valence-corrected chi connectivity index (χ1v) is 6.52. The van der Waals surface area contributed by atoms with E-state index >= 15 is 0 Å². The number of hydrogen-bond acceptors (Lipinski definition) is 3. The fraction of sp³-hybridized carbons (Fsp3) is 0.462. The maximum Gasteiger partial charge on any atom is 0.408 e. The average molecular weight is 358 g/mol. The molecule has 1 fully saturated rings. The Morgan fingerprint density at radius 3 is 2.70 bits per heavy atom. The molecule has 0 bridgehead atoms. The maximum atomic E-state index is 13.5. The molecule has 2 aromatic rings. The maximum absolute atomic E-state index is 13.5. The summed E-state index contributed by atoms with van der Waals surface area (Å²) < 4.78 is 70.4. The quantitative estimate of drug-likeness (QED) is 0.858. The molecular weight excluding hydrogens is 345 g/mol. The van der Waals surface area contributed by atoms with Crippen molar-refractivity contribution < 1.29 is 26.7 Å². The number of hydrogen-bond donors (Lipinski definition) is 1. The van der Waals surface area contributed by atoms with Gasteiger partial charge in [0.2, 0.25) is 0 Å². The van der Waals surface area contributed by atoms with Crippen molar-refractivity contribution in [2.75, 3.05) is 13.1 Å². The largest absolute Gasteiger partial charge is 0.483 e. The number of aromatic nitrogens is 2. The Morgan fingerprint density at radius 2 is 2.09 bits per heavy atom. The van der Waals surface area contributed by atoms with Crippen LogP contribution in [-0.4, -0.2) is 41.1 Å². The van der Waals surface area contributed by atoms with Gasteiger partial charge in [-0.1, -0.05) is 0 Å². The highest BCUT2D eigenvalue weighted by atomic mass is 35.5. The molecule has 0 aliphatic carbocycles. The van der Waals surface area contributed by atoms with Gasteiger partial charge in [0.1, 0.15) is 12.3 Å². The Morgan fingerprint density at radius 1 is 1.35 bits per heavy atom. The Hall–Kier alpha value is -1.61. The first kappa shape index (κ1) is 17.7. The van der Waals surface area contributed by atoms with Crippen LogP contribution in [0.3, 0.4) is 0 Å². The Kier molecular flexibility index (Phi) is 4.72. The minimum atomic E-state index is -4.42. The van der Waals surface area contributed by atoms with Crippen molar-refractivity contribution in [3.63, 3.8) is 0 Å². The molecule has 1 N–H and O–H groups in total. The predicted molar refractivity (Wildman–Crippen MR) is 75.3 cm³/mol. The lowest BCUT2D eigenvalue weighted by Crippen LogP contribution is -2.36. The molecule has 0 saturated carbocycles. The van der Waals surface area contributed by atoms with Crippen LogP contribution in [0, 0.1) is 0 Å². The third-order valence-corrected chi connectivity index (χ3v) is 3.39. The summed E-state index contributed by atoms with van der Waals surface area (Å²) >= 11 is 0. The van der Waals surface area contributed by atoms with Gasteiger partial charge in [-0.2, -0.15) is 18.3 Å². The summed E-state index contributed by atoms with van der Waals surface area (Å²) in [6, 6.07) is 4.23. The van der Waals surface area contributed by atoms with E-state index in [-0.39, 0.29) is 30.2 Å². The van der Waals surface area contributed by atoms with Gasteiger partial charge in [0.15, 0.2) is 6.10 Å². The molecule has 1 aliphatic rings. The second-order valence-corrected chi connectivity index (χ2v) is 5.14. The minimum absolute atomic E-state index is 0. The molecule has 1 aromatic carbocycles.